The van der Waals surface area contributed by atoms with Crippen LogP contribution in [-0.4, -0.2) is 28.5 Å². The molecule has 4 nitrogen and oxygen atoms in total. The van der Waals surface area contributed by atoms with Gasteiger partial charge in [0.25, 0.3) is 0 Å². The average molecular weight is 244 g/mol. The van der Waals surface area contributed by atoms with Crippen molar-refractivity contribution in [3.63, 3.8) is 0 Å². The lowest BCUT2D eigenvalue weighted by Gasteiger charge is -2.20. The van der Waals surface area contributed by atoms with Crippen molar-refractivity contribution in [2.24, 2.45) is 5.92 Å². The largest absolute Gasteiger partial charge is 0.381 e. The first-order valence-electron chi connectivity index (χ1n) is 6.35. The van der Waals surface area contributed by atoms with Gasteiger partial charge in [-0.2, -0.15) is 0 Å². The highest BCUT2D eigenvalue weighted by atomic mass is 16.5. The first kappa shape index (κ1) is 11.4. The molecule has 1 fully saturated rings. The molecule has 4 heteroatoms. The Bertz CT molecular complexity index is 556. The number of para-hydroxylation sites is 2. The van der Waals surface area contributed by atoms with Gasteiger partial charge in [0.2, 0.25) is 0 Å². The monoisotopic (exact) mass is 244 g/mol. The van der Waals surface area contributed by atoms with Gasteiger partial charge in [-0.05, 0) is 25.0 Å². The smallest absolute Gasteiger partial charge is 0.155 e. The van der Waals surface area contributed by atoms with Crippen LogP contribution in [0, 0.1) is 5.92 Å². The maximum absolute atomic E-state index is 12.2. The van der Waals surface area contributed by atoms with Crippen LogP contribution in [0.1, 0.15) is 12.8 Å². The molecule has 1 aromatic carbocycles. The van der Waals surface area contributed by atoms with E-state index < -0.39 is 0 Å². The molecule has 0 unspecified atom stereocenters. The lowest BCUT2D eigenvalue weighted by atomic mass is 9.95. The number of rotatable bonds is 3. The van der Waals surface area contributed by atoms with Crippen LogP contribution >= 0.6 is 0 Å². The third kappa shape index (κ3) is 2.16. The summed E-state index contributed by atoms with van der Waals surface area (Å²) in [5, 5.41) is 0. The van der Waals surface area contributed by atoms with Crippen molar-refractivity contribution in [3.8, 4) is 0 Å². The number of carbonyl (C=O) groups excluding carboxylic acids is 1. The second kappa shape index (κ2) is 4.90. The van der Waals surface area contributed by atoms with Crippen LogP contribution in [0.25, 0.3) is 11.0 Å². The van der Waals surface area contributed by atoms with E-state index in [0.717, 1.165) is 23.9 Å². The molecule has 1 aliphatic heterocycles. The molecular formula is C14H16N2O2. The van der Waals surface area contributed by atoms with E-state index in [1.54, 1.807) is 6.33 Å². The van der Waals surface area contributed by atoms with Crippen molar-refractivity contribution in [2.45, 2.75) is 19.4 Å². The van der Waals surface area contributed by atoms with E-state index in [4.69, 9.17) is 4.74 Å². The molecule has 1 saturated heterocycles. The van der Waals surface area contributed by atoms with Crippen LogP contribution in [0.4, 0.5) is 0 Å². The molecule has 3 rings (SSSR count). The van der Waals surface area contributed by atoms with Gasteiger partial charge in [-0.15, -0.1) is 0 Å². The first-order valence-corrected chi connectivity index (χ1v) is 6.35. The molecule has 0 saturated carbocycles. The predicted octanol–water partition coefficient (Wildman–Crippen LogP) is 2.03. The Balaban J connectivity index is 1.77. The maximum atomic E-state index is 12.2. The molecule has 0 aliphatic carbocycles. The molecule has 0 atom stereocenters. The van der Waals surface area contributed by atoms with E-state index in [2.05, 4.69) is 4.98 Å². The van der Waals surface area contributed by atoms with E-state index in [0.29, 0.717) is 25.5 Å². The number of Topliss-reactive ketones (excluding diaryl/α,β-unsaturated/α-hetero) is 1. The first-order chi connectivity index (χ1) is 8.84. The Hall–Kier alpha value is -1.68. The van der Waals surface area contributed by atoms with Gasteiger partial charge >= 0.3 is 0 Å². The number of nitrogens with zero attached hydrogens (tertiary/aromatic N) is 2. The lowest BCUT2D eigenvalue weighted by molar-refractivity contribution is -0.126. The molecule has 18 heavy (non-hydrogen) atoms. The Morgan fingerprint density at radius 3 is 2.94 bits per heavy atom. The van der Waals surface area contributed by atoms with Crippen molar-refractivity contribution in [2.75, 3.05) is 13.2 Å². The Kier molecular flexibility index (Phi) is 3.11. The number of hydrogen-bond acceptors (Lipinski definition) is 3. The second-order valence-corrected chi connectivity index (χ2v) is 4.71. The minimum atomic E-state index is 0.153. The van der Waals surface area contributed by atoms with Crippen molar-refractivity contribution in [3.05, 3.63) is 30.6 Å². The van der Waals surface area contributed by atoms with Gasteiger partial charge in [0.05, 0.1) is 23.9 Å². The molecule has 0 bridgehead atoms. The summed E-state index contributed by atoms with van der Waals surface area (Å²) in [7, 11) is 0. The molecule has 0 spiro atoms. The SMILES string of the molecule is O=C(Cn1cnc2ccccc21)C1CCOCC1. The summed E-state index contributed by atoms with van der Waals surface area (Å²) in [4.78, 5) is 16.5. The number of fused-ring (bicyclic) bond motifs is 1. The zero-order valence-electron chi connectivity index (χ0n) is 10.2. The highest BCUT2D eigenvalue weighted by Gasteiger charge is 2.21. The number of carbonyl (C=O) groups is 1. The molecule has 1 aliphatic rings. The van der Waals surface area contributed by atoms with Crippen molar-refractivity contribution in [1.82, 2.24) is 9.55 Å². The maximum Gasteiger partial charge on any atom is 0.155 e. The summed E-state index contributed by atoms with van der Waals surface area (Å²) in [6.45, 7) is 1.84. The molecule has 0 radical (unpaired) electrons. The van der Waals surface area contributed by atoms with Gasteiger partial charge in [-0.25, -0.2) is 4.98 Å². The third-order valence-corrected chi connectivity index (χ3v) is 3.53. The number of benzene rings is 1. The molecule has 0 amide bonds. The summed E-state index contributed by atoms with van der Waals surface area (Å²) in [6, 6.07) is 7.89. The van der Waals surface area contributed by atoms with Gasteiger partial charge in [0.15, 0.2) is 5.78 Å². The van der Waals surface area contributed by atoms with Gasteiger partial charge in [-0.1, -0.05) is 12.1 Å². The zero-order valence-corrected chi connectivity index (χ0v) is 10.2. The Morgan fingerprint density at radius 2 is 2.11 bits per heavy atom. The van der Waals surface area contributed by atoms with Crippen LogP contribution in [0.5, 0.6) is 0 Å². The number of imidazole rings is 1. The van der Waals surface area contributed by atoms with Crippen LogP contribution in [0.15, 0.2) is 30.6 Å². The number of hydrogen-bond donors (Lipinski definition) is 0. The minimum Gasteiger partial charge on any atom is -0.381 e. The molecule has 0 N–H and O–H groups in total. The van der Waals surface area contributed by atoms with E-state index in [1.165, 1.54) is 0 Å². The van der Waals surface area contributed by atoms with E-state index in [9.17, 15) is 4.79 Å². The molecule has 2 aromatic rings. The fourth-order valence-corrected chi connectivity index (χ4v) is 2.45. The highest BCUT2D eigenvalue weighted by Crippen LogP contribution is 2.18. The Labute approximate surface area is 106 Å². The van der Waals surface area contributed by atoms with Gasteiger partial charge in [0, 0.05) is 19.1 Å². The third-order valence-electron chi connectivity index (χ3n) is 3.53. The number of ketones is 1. The quantitative estimate of drug-likeness (QED) is 0.829. The summed E-state index contributed by atoms with van der Waals surface area (Å²) in [6.07, 6.45) is 3.46. The van der Waals surface area contributed by atoms with Crippen LogP contribution in [0.2, 0.25) is 0 Å². The van der Waals surface area contributed by atoms with Crippen molar-refractivity contribution >= 4 is 16.8 Å². The van der Waals surface area contributed by atoms with Crippen LogP contribution in [-0.2, 0) is 16.1 Å². The summed E-state index contributed by atoms with van der Waals surface area (Å²) < 4.78 is 7.22. The molecule has 1 aromatic heterocycles. The van der Waals surface area contributed by atoms with E-state index in [1.807, 2.05) is 28.8 Å². The van der Waals surface area contributed by atoms with Crippen LogP contribution < -0.4 is 0 Å². The highest BCUT2D eigenvalue weighted by molar-refractivity contribution is 5.83. The summed E-state index contributed by atoms with van der Waals surface area (Å²) in [5.74, 6) is 0.446. The second-order valence-electron chi connectivity index (χ2n) is 4.71. The van der Waals surface area contributed by atoms with Gasteiger partial charge in [0.1, 0.15) is 0 Å². The van der Waals surface area contributed by atoms with Crippen molar-refractivity contribution < 1.29 is 9.53 Å². The average Bonchev–Trinajstić information content (AvgIpc) is 2.83. The zero-order chi connectivity index (χ0) is 12.4. The normalized spacial score (nSPS) is 17.1. The number of ether oxygens (including phenoxy) is 1. The fraction of sp³-hybridized carbons (Fsp3) is 0.429. The van der Waals surface area contributed by atoms with Gasteiger partial charge < -0.3 is 9.30 Å². The lowest BCUT2D eigenvalue weighted by Crippen LogP contribution is -2.26. The van der Waals surface area contributed by atoms with Crippen molar-refractivity contribution in [1.29, 1.82) is 0 Å². The van der Waals surface area contributed by atoms with Gasteiger partial charge in [-0.3, -0.25) is 4.79 Å². The van der Waals surface area contributed by atoms with E-state index in [-0.39, 0.29) is 5.92 Å². The Morgan fingerprint density at radius 1 is 1.33 bits per heavy atom. The molecular weight excluding hydrogens is 228 g/mol. The molecule has 94 valence electrons. The van der Waals surface area contributed by atoms with E-state index >= 15 is 0 Å². The standard InChI is InChI=1S/C14H16N2O2/c17-14(11-5-7-18-8-6-11)9-16-10-15-12-3-1-2-4-13(12)16/h1-4,10-11H,5-9H2. The minimum absolute atomic E-state index is 0.153. The number of aromatic nitrogens is 2. The summed E-state index contributed by atoms with van der Waals surface area (Å²) in [5.41, 5.74) is 1.97. The topological polar surface area (TPSA) is 44.1 Å². The molecule has 2 heterocycles. The van der Waals surface area contributed by atoms with Crippen LogP contribution in [0.3, 0.4) is 0 Å². The predicted molar refractivity (Wildman–Crippen MR) is 68.3 cm³/mol. The summed E-state index contributed by atoms with van der Waals surface area (Å²) >= 11 is 0. The fourth-order valence-electron chi connectivity index (χ4n) is 2.45.